The third kappa shape index (κ3) is 4.27. The van der Waals surface area contributed by atoms with Gasteiger partial charge < -0.3 is 5.11 Å². The van der Waals surface area contributed by atoms with Gasteiger partial charge in [-0.05, 0) is 58.7 Å². The summed E-state index contributed by atoms with van der Waals surface area (Å²) in [6, 6.07) is 15.2. The second kappa shape index (κ2) is 6.71. The van der Waals surface area contributed by atoms with Gasteiger partial charge in [0.05, 0.1) is 6.21 Å². The van der Waals surface area contributed by atoms with E-state index in [-0.39, 0.29) is 28.9 Å². The molecule has 1 aliphatic carbocycles. The van der Waals surface area contributed by atoms with Gasteiger partial charge in [-0.25, -0.2) is 5.43 Å². The van der Waals surface area contributed by atoms with Gasteiger partial charge in [0.25, 0.3) is 0 Å². The fourth-order valence-electron chi connectivity index (χ4n) is 2.90. The lowest BCUT2D eigenvalue weighted by molar-refractivity contribution is -0.122. The van der Waals surface area contributed by atoms with Gasteiger partial charge in [0, 0.05) is 5.92 Å². The lowest BCUT2D eigenvalue weighted by Crippen LogP contribution is -2.20. The Morgan fingerprint density at radius 2 is 1.76 bits per heavy atom. The predicted molar refractivity (Wildman–Crippen MR) is 99.8 cm³/mol. The normalized spacial score (nSPS) is 19.8. The average molecular weight is 336 g/mol. The van der Waals surface area contributed by atoms with Crippen LogP contribution in [0.3, 0.4) is 0 Å². The van der Waals surface area contributed by atoms with Crippen molar-refractivity contribution in [2.24, 2.45) is 11.0 Å². The number of phenols is 1. The van der Waals surface area contributed by atoms with Crippen LogP contribution in [0.1, 0.15) is 49.8 Å². The van der Waals surface area contributed by atoms with Crippen molar-refractivity contribution in [3.8, 4) is 5.75 Å². The van der Waals surface area contributed by atoms with Crippen LogP contribution in [0.2, 0.25) is 0 Å². The molecule has 0 aliphatic heterocycles. The minimum Gasteiger partial charge on any atom is -0.508 e. The Hall–Kier alpha value is -2.62. The number of nitrogens with zero attached hydrogens (tertiary/aromatic N) is 1. The SMILES string of the molecule is CC(C)(C)c1ccc([C@@H]2C[C@@H]2C(=O)N/N=C\c2ccc(O)cc2)cc1. The van der Waals surface area contributed by atoms with Crippen molar-refractivity contribution in [3.05, 3.63) is 65.2 Å². The van der Waals surface area contributed by atoms with Crippen LogP contribution in [-0.2, 0) is 10.2 Å². The van der Waals surface area contributed by atoms with Crippen LogP contribution in [0.4, 0.5) is 0 Å². The van der Waals surface area contributed by atoms with E-state index in [1.54, 1.807) is 30.5 Å². The van der Waals surface area contributed by atoms with E-state index < -0.39 is 0 Å². The van der Waals surface area contributed by atoms with E-state index in [2.05, 4.69) is 55.6 Å². The molecule has 4 nitrogen and oxygen atoms in total. The van der Waals surface area contributed by atoms with Crippen LogP contribution in [0.25, 0.3) is 0 Å². The summed E-state index contributed by atoms with van der Waals surface area (Å²) in [5, 5.41) is 13.2. The molecule has 0 unspecified atom stereocenters. The van der Waals surface area contributed by atoms with Crippen molar-refractivity contribution >= 4 is 12.1 Å². The molecular formula is C21H24N2O2. The van der Waals surface area contributed by atoms with E-state index in [1.165, 1.54) is 11.1 Å². The molecule has 130 valence electrons. The molecule has 2 aromatic rings. The van der Waals surface area contributed by atoms with Crippen molar-refractivity contribution in [2.45, 2.75) is 38.5 Å². The topological polar surface area (TPSA) is 61.7 Å². The molecule has 2 atom stereocenters. The van der Waals surface area contributed by atoms with Crippen LogP contribution < -0.4 is 5.43 Å². The van der Waals surface area contributed by atoms with Crippen LogP contribution in [0, 0.1) is 5.92 Å². The maximum atomic E-state index is 12.2. The van der Waals surface area contributed by atoms with Gasteiger partial charge in [-0.15, -0.1) is 0 Å². The fraction of sp³-hybridized carbons (Fsp3) is 0.333. The number of carbonyl (C=O) groups excluding carboxylic acids is 1. The number of hydrazone groups is 1. The van der Waals surface area contributed by atoms with Crippen molar-refractivity contribution < 1.29 is 9.90 Å². The highest BCUT2D eigenvalue weighted by molar-refractivity contribution is 5.85. The van der Waals surface area contributed by atoms with Crippen molar-refractivity contribution in [3.63, 3.8) is 0 Å². The molecule has 3 rings (SSSR count). The highest BCUT2D eigenvalue weighted by Gasteiger charge is 2.43. The Bertz CT molecular complexity index is 771. The number of aromatic hydroxyl groups is 1. The molecule has 1 amide bonds. The first-order valence-electron chi connectivity index (χ1n) is 8.57. The zero-order valence-electron chi connectivity index (χ0n) is 14.9. The fourth-order valence-corrected chi connectivity index (χ4v) is 2.90. The minimum atomic E-state index is -0.0417. The third-order valence-electron chi connectivity index (χ3n) is 4.61. The molecule has 0 heterocycles. The summed E-state index contributed by atoms with van der Waals surface area (Å²) >= 11 is 0. The Morgan fingerprint density at radius 1 is 1.12 bits per heavy atom. The molecule has 0 radical (unpaired) electrons. The minimum absolute atomic E-state index is 0.00236. The Labute approximate surface area is 148 Å². The number of hydrogen-bond donors (Lipinski definition) is 2. The molecule has 0 aromatic heterocycles. The molecule has 0 bridgehead atoms. The first-order chi connectivity index (χ1) is 11.8. The number of phenolic OH excluding ortho intramolecular Hbond substituents is 1. The van der Waals surface area contributed by atoms with E-state index in [9.17, 15) is 9.90 Å². The molecular weight excluding hydrogens is 312 g/mol. The van der Waals surface area contributed by atoms with Gasteiger partial charge in [0.15, 0.2) is 0 Å². The van der Waals surface area contributed by atoms with E-state index in [0.29, 0.717) is 0 Å². The molecule has 2 aromatic carbocycles. The summed E-state index contributed by atoms with van der Waals surface area (Å²) in [6.07, 6.45) is 2.45. The first-order valence-corrected chi connectivity index (χ1v) is 8.57. The zero-order valence-corrected chi connectivity index (χ0v) is 14.9. The summed E-state index contributed by atoms with van der Waals surface area (Å²) in [4.78, 5) is 12.2. The van der Waals surface area contributed by atoms with Crippen LogP contribution in [-0.4, -0.2) is 17.2 Å². The highest BCUT2D eigenvalue weighted by Crippen LogP contribution is 2.47. The lowest BCUT2D eigenvalue weighted by atomic mass is 9.86. The Balaban J connectivity index is 1.54. The lowest BCUT2D eigenvalue weighted by Gasteiger charge is -2.19. The largest absolute Gasteiger partial charge is 0.508 e. The molecule has 1 saturated carbocycles. The second-order valence-electron chi connectivity index (χ2n) is 7.65. The van der Waals surface area contributed by atoms with Crippen molar-refractivity contribution in [1.82, 2.24) is 5.43 Å². The second-order valence-corrected chi connectivity index (χ2v) is 7.65. The van der Waals surface area contributed by atoms with E-state index >= 15 is 0 Å². The van der Waals surface area contributed by atoms with E-state index in [4.69, 9.17) is 0 Å². The van der Waals surface area contributed by atoms with Crippen molar-refractivity contribution in [1.29, 1.82) is 0 Å². The van der Waals surface area contributed by atoms with Crippen molar-refractivity contribution in [2.75, 3.05) is 0 Å². The molecule has 25 heavy (non-hydrogen) atoms. The summed E-state index contributed by atoms with van der Waals surface area (Å²) in [6.45, 7) is 6.59. The van der Waals surface area contributed by atoms with Gasteiger partial charge in [-0.2, -0.15) is 5.10 Å². The molecule has 4 heteroatoms. The van der Waals surface area contributed by atoms with Gasteiger partial charge in [-0.3, -0.25) is 4.79 Å². The number of hydrogen-bond acceptors (Lipinski definition) is 3. The third-order valence-corrected chi connectivity index (χ3v) is 4.61. The maximum absolute atomic E-state index is 12.2. The summed E-state index contributed by atoms with van der Waals surface area (Å²) in [5.41, 5.74) is 6.09. The zero-order chi connectivity index (χ0) is 18.0. The van der Waals surface area contributed by atoms with Crippen LogP contribution in [0.5, 0.6) is 5.75 Å². The smallest absolute Gasteiger partial charge is 0.243 e. The molecule has 2 N–H and O–H groups in total. The molecule has 0 saturated heterocycles. The summed E-state index contributed by atoms with van der Waals surface area (Å²) in [5.74, 6) is 0.453. The van der Waals surface area contributed by atoms with E-state index in [0.717, 1.165) is 12.0 Å². The quantitative estimate of drug-likeness (QED) is 0.656. The predicted octanol–water partition coefficient (Wildman–Crippen LogP) is 3.94. The van der Waals surface area contributed by atoms with Gasteiger partial charge in [0.1, 0.15) is 5.75 Å². The summed E-state index contributed by atoms with van der Waals surface area (Å²) in [7, 11) is 0. The Morgan fingerprint density at radius 3 is 2.36 bits per heavy atom. The van der Waals surface area contributed by atoms with Gasteiger partial charge in [0.2, 0.25) is 5.91 Å². The Kier molecular flexibility index (Phi) is 4.62. The van der Waals surface area contributed by atoms with Crippen LogP contribution in [0.15, 0.2) is 53.6 Å². The number of rotatable bonds is 4. The molecule has 1 fully saturated rings. The van der Waals surface area contributed by atoms with Gasteiger partial charge >= 0.3 is 0 Å². The number of amides is 1. The highest BCUT2D eigenvalue weighted by atomic mass is 16.3. The number of benzene rings is 2. The monoisotopic (exact) mass is 336 g/mol. The maximum Gasteiger partial charge on any atom is 0.243 e. The molecule has 0 spiro atoms. The average Bonchev–Trinajstić information content (AvgIpc) is 3.37. The first kappa shape index (κ1) is 17.2. The standard InChI is InChI=1S/C21H24N2O2/c1-21(2,3)16-8-6-15(7-9-16)18-12-19(18)20(25)23-22-13-14-4-10-17(24)11-5-14/h4-11,13,18-19,24H,12H2,1-3H3,(H,23,25)/b22-13-/t18-,19-/m0/s1. The summed E-state index contributed by atoms with van der Waals surface area (Å²) < 4.78 is 0. The van der Waals surface area contributed by atoms with E-state index in [1.807, 2.05) is 0 Å². The number of nitrogens with one attached hydrogen (secondary N) is 1. The van der Waals surface area contributed by atoms with Crippen LogP contribution >= 0.6 is 0 Å². The number of carbonyl (C=O) groups is 1. The molecule has 1 aliphatic rings. The van der Waals surface area contributed by atoms with Gasteiger partial charge in [-0.1, -0.05) is 45.0 Å².